The van der Waals surface area contributed by atoms with Crippen molar-refractivity contribution in [1.29, 1.82) is 0 Å². The highest BCUT2D eigenvalue weighted by Crippen LogP contribution is 2.79. The van der Waals surface area contributed by atoms with Crippen molar-refractivity contribution in [1.82, 2.24) is 0 Å². The molecule has 1 saturated heterocycles. The van der Waals surface area contributed by atoms with E-state index in [1.165, 1.54) is 31.3 Å². The molecule has 1 heterocycles. The summed E-state index contributed by atoms with van der Waals surface area (Å²) in [5.74, 6) is 5.42. The molecular formula is C24H32O3. The van der Waals surface area contributed by atoms with Crippen LogP contribution in [-0.2, 0) is 14.3 Å². The van der Waals surface area contributed by atoms with E-state index in [1.807, 2.05) is 6.08 Å². The van der Waals surface area contributed by atoms with Crippen LogP contribution in [-0.4, -0.2) is 17.4 Å². The zero-order valence-corrected chi connectivity index (χ0v) is 16.7. The number of ether oxygens (including phenoxy) is 1. The van der Waals surface area contributed by atoms with Crippen LogP contribution in [0, 0.1) is 46.8 Å². The second kappa shape index (κ2) is 5.27. The van der Waals surface area contributed by atoms with E-state index in [2.05, 4.69) is 13.8 Å². The maximum atomic E-state index is 12.2. The first-order valence-corrected chi connectivity index (χ1v) is 11.5. The lowest BCUT2D eigenvalue weighted by Crippen LogP contribution is -2.57. The standard InChI is InChI=1S/C24H32O3/c1-3-23-8-6-17-16-5-4-15(25)11-14(16)10-13(2)21(17)22(23)18-12-19(18)24(23)9-7-20(26)27-24/h11,13,16-19,21-22H,3-10,12H2,1-2H3/t13-,16-,17?,18-,19+,21?,22?,23-,24-/m0/s1. The summed E-state index contributed by atoms with van der Waals surface area (Å²) in [5, 5.41) is 0. The van der Waals surface area contributed by atoms with Crippen LogP contribution in [0.15, 0.2) is 11.6 Å². The molecule has 3 nitrogen and oxygen atoms in total. The molecule has 0 aromatic heterocycles. The topological polar surface area (TPSA) is 43.4 Å². The average molecular weight is 369 g/mol. The van der Waals surface area contributed by atoms with Crippen molar-refractivity contribution in [2.45, 2.75) is 77.2 Å². The van der Waals surface area contributed by atoms with Crippen LogP contribution < -0.4 is 0 Å². The van der Waals surface area contributed by atoms with Crippen LogP contribution in [0.2, 0.25) is 0 Å². The zero-order valence-electron chi connectivity index (χ0n) is 16.7. The van der Waals surface area contributed by atoms with Gasteiger partial charge in [0.25, 0.3) is 0 Å². The lowest BCUT2D eigenvalue weighted by atomic mass is 9.46. The molecule has 5 fully saturated rings. The molecule has 0 aromatic rings. The highest BCUT2D eigenvalue weighted by atomic mass is 16.6. The van der Waals surface area contributed by atoms with E-state index in [9.17, 15) is 9.59 Å². The van der Waals surface area contributed by atoms with Crippen LogP contribution in [0.5, 0.6) is 0 Å². The molecule has 0 bridgehead atoms. The number of allylic oxidation sites excluding steroid dienone is 1. The van der Waals surface area contributed by atoms with Gasteiger partial charge in [-0.2, -0.15) is 0 Å². The molecule has 0 amide bonds. The van der Waals surface area contributed by atoms with Crippen LogP contribution >= 0.6 is 0 Å². The minimum absolute atomic E-state index is 0.0592. The van der Waals surface area contributed by atoms with E-state index in [-0.39, 0.29) is 17.0 Å². The largest absolute Gasteiger partial charge is 0.458 e. The summed E-state index contributed by atoms with van der Waals surface area (Å²) in [7, 11) is 0. The highest BCUT2D eigenvalue weighted by Gasteiger charge is 2.79. The number of carbonyl (C=O) groups excluding carboxylic acids is 2. The van der Waals surface area contributed by atoms with E-state index in [0.29, 0.717) is 30.0 Å². The van der Waals surface area contributed by atoms with Gasteiger partial charge in [0.05, 0.1) is 0 Å². The predicted molar refractivity (Wildman–Crippen MR) is 102 cm³/mol. The normalized spacial score (nSPS) is 55.3. The first-order chi connectivity index (χ1) is 13.0. The lowest BCUT2D eigenvalue weighted by Gasteiger charge is -2.60. The third-order valence-corrected chi connectivity index (χ3v) is 10.1. The first kappa shape index (κ1) is 16.8. The van der Waals surface area contributed by atoms with Gasteiger partial charge in [-0.3, -0.25) is 9.59 Å². The predicted octanol–water partition coefficient (Wildman–Crippen LogP) is 4.70. The summed E-state index contributed by atoms with van der Waals surface area (Å²) in [6.45, 7) is 4.81. The van der Waals surface area contributed by atoms with Crippen molar-refractivity contribution in [2.75, 3.05) is 0 Å². The second-order valence-corrected chi connectivity index (χ2v) is 10.7. The van der Waals surface area contributed by atoms with Gasteiger partial charge in [-0.1, -0.05) is 19.4 Å². The molecule has 5 aliphatic carbocycles. The molecule has 0 N–H and O–H groups in total. The molecule has 6 aliphatic rings. The third kappa shape index (κ3) is 1.90. The molecule has 1 spiro atoms. The Labute approximate surface area is 162 Å². The molecule has 9 atom stereocenters. The molecule has 27 heavy (non-hydrogen) atoms. The van der Waals surface area contributed by atoms with Gasteiger partial charge < -0.3 is 4.74 Å². The number of fused-ring (bicyclic) bond motifs is 9. The maximum absolute atomic E-state index is 12.2. The number of carbonyl (C=O) groups is 2. The summed E-state index contributed by atoms with van der Waals surface area (Å²) in [6.07, 6.45) is 11.6. The minimum atomic E-state index is -0.127. The number of hydrogen-bond donors (Lipinski definition) is 0. The van der Waals surface area contributed by atoms with Crippen LogP contribution in [0.4, 0.5) is 0 Å². The van der Waals surface area contributed by atoms with Crippen LogP contribution in [0.25, 0.3) is 0 Å². The fourth-order valence-corrected chi connectivity index (χ4v) is 9.36. The van der Waals surface area contributed by atoms with Gasteiger partial charge in [-0.05, 0) is 86.5 Å². The Morgan fingerprint density at radius 1 is 1.15 bits per heavy atom. The smallest absolute Gasteiger partial charge is 0.306 e. The van der Waals surface area contributed by atoms with Crippen LogP contribution in [0.3, 0.4) is 0 Å². The van der Waals surface area contributed by atoms with Crippen molar-refractivity contribution in [3.63, 3.8) is 0 Å². The first-order valence-electron chi connectivity index (χ1n) is 11.5. The van der Waals surface area contributed by atoms with Crippen molar-refractivity contribution < 1.29 is 14.3 Å². The van der Waals surface area contributed by atoms with Gasteiger partial charge in [-0.25, -0.2) is 0 Å². The number of rotatable bonds is 1. The van der Waals surface area contributed by atoms with Crippen molar-refractivity contribution in [3.8, 4) is 0 Å². The maximum Gasteiger partial charge on any atom is 0.306 e. The molecule has 1 aliphatic heterocycles. The second-order valence-electron chi connectivity index (χ2n) is 10.7. The Bertz CT molecular complexity index is 753. The van der Waals surface area contributed by atoms with Crippen molar-refractivity contribution in [3.05, 3.63) is 11.6 Å². The number of hydrogen-bond acceptors (Lipinski definition) is 3. The summed E-state index contributed by atoms with van der Waals surface area (Å²) in [4.78, 5) is 24.2. The Kier molecular flexibility index (Phi) is 3.28. The van der Waals surface area contributed by atoms with Gasteiger partial charge in [0.2, 0.25) is 0 Å². The fourth-order valence-electron chi connectivity index (χ4n) is 9.36. The zero-order chi connectivity index (χ0) is 18.6. The quantitative estimate of drug-likeness (QED) is 0.630. The summed E-state index contributed by atoms with van der Waals surface area (Å²) < 4.78 is 6.27. The summed E-state index contributed by atoms with van der Waals surface area (Å²) in [5.41, 5.74) is 1.57. The van der Waals surface area contributed by atoms with Crippen LogP contribution in [0.1, 0.15) is 71.6 Å². The Hall–Kier alpha value is -1.12. The summed E-state index contributed by atoms with van der Waals surface area (Å²) in [6, 6.07) is 0. The molecular weight excluding hydrogens is 336 g/mol. The van der Waals surface area contributed by atoms with E-state index >= 15 is 0 Å². The van der Waals surface area contributed by atoms with Crippen molar-refractivity contribution >= 4 is 11.8 Å². The molecule has 4 saturated carbocycles. The van der Waals surface area contributed by atoms with Gasteiger partial charge in [0.15, 0.2) is 5.78 Å². The minimum Gasteiger partial charge on any atom is -0.458 e. The lowest BCUT2D eigenvalue weighted by molar-refractivity contribution is -0.181. The molecule has 6 rings (SSSR count). The SMILES string of the molecule is CC[C@]12CCC3C(C1[C@H]1C[C@H]1[C@@]21CCC(=O)O1)[C@@H](C)CC1=CC(=O)CC[C@@H]13. The van der Waals surface area contributed by atoms with E-state index in [1.54, 1.807) is 0 Å². The number of ketones is 1. The van der Waals surface area contributed by atoms with E-state index < -0.39 is 0 Å². The Balaban J connectivity index is 1.42. The highest BCUT2D eigenvalue weighted by molar-refractivity contribution is 5.91. The Morgan fingerprint density at radius 3 is 2.74 bits per heavy atom. The van der Waals surface area contributed by atoms with Gasteiger partial charge >= 0.3 is 5.97 Å². The Morgan fingerprint density at radius 2 is 2.00 bits per heavy atom. The van der Waals surface area contributed by atoms with Gasteiger partial charge in [-0.15, -0.1) is 0 Å². The summed E-state index contributed by atoms with van der Waals surface area (Å²) >= 11 is 0. The average Bonchev–Trinajstić information content (AvgIpc) is 3.30. The molecule has 3 unspecified atom stereocenters. The molecule has 0 radical (unpaired) electrons. The third-order valence-electron chi connectivity index (χ3n) is 10.1. The number of esters is 1. The molecule has 0 aromatic carbocycles. The van der Waals surface area contributed by atoms with Gasteiger partial charge in [0.1, 0.15) is 5.60 Å². The van der Waals surface area contributed by atoms with Gasteiger partial charge in [0, 0.05) is 24.2 Å². The molecule has 146 valence electrons. The van der Waals surface area contributed by atoms with Crippen molar-refractivity contribution in [2.24, 2.45) is 46.8 Å². The molecule has 3 heteroatoms. The van der Waals surface area contributed by atoms with E-state index in [4.69, 9.17) is 4.74 Å². The van der Waals surface area contributed by atoms with E-state index in [0.717, 1.165) is 49.4 Å². The monoisotopic (exact) mass is 368 g/mol. The fraction of sp³-hybridized carbons (Fsp3) is 0.833.